The van der Waals surface area contributed by atoms with Gasteiger partial charge < -0.3 is 14.6 Å². The van der Waals surface area contributed by atoms with E-state index in [-0.39, 0.29) is 6.04 Å². The standard InChI is InChI=1S/C17H18N6O/c1-11-10-24-6-5-23(11)16-7-15(18-2)21-17(22-16)13-8-19-9-14-12(13)3-4-20-14/h3-4,7-9,11,20H,2,5-6,10H2,1H3/t11-/m1/s1. The van der Waals surface area contributed by atoms with E-state index in [2.05, 4.69) is 38.5 Å². The molecule has 7 nitrogen and oxygen atoms in total. The Balaban J connectivity index is 1.85. The number of rotatable bonds is 3. The summed E-state index contributed by atoms with van der Waals surface area (Å²) in [6, 6.07) is 4.12. The van der Waals surface area contributed by atoms with Crippen molar-refractivity contribution in [1.82, 2.24) is 19.9 Å². The van der Waals surface area contributed by atoms with Crippen molar-refractivity contribution in [2.24, 2.45) is 4.99 Å². The number of pyridine rings is 1. The number of aromatic nitrogens is 4. The van der Waals surface area contributed by atoms with E-state index in [9.17, 15) is 0 Å². The zero-order chi connectivity index (χ0) is 16.5. The van der Waals surface area contributed by atoms with Gasteiger partial charge in [-0.1, -0.05) is 0 Å². The van der Waals surface area contributed by atoms with Gasteiger partial charge in [0.15, 0.2) is 11.6 Å². The Bertz CT molecular complexity index is 890. The van der Waals surface area contributed by atoms with Crippen LogP contribution in [-0.4, -0.2) is 52.5 Å². The molecule has 1 aliphatic heterocycles. The predicted molar refractivity (Wildman–Crippen MR) is 94.0 cm³/mol. The fourth-order valence-electron chi connectivity index (χ4n) is 3.00. The number of fused-ring (bicyclic) bond motifs is 1. The van der Waals surface area contributed by atoms with Crippen LogP contribution >= 0.6 is 0 Å². The highest BCUT2D eigenvalue weighted by Crippen LogP contribution is 2.29. The third-order valence-corrected chi connectivity index (χ3v) is 4.24. The average molecular weight is 322 g/mol. The zero-order valence-corrected chi connectivity index (χ0v) is 13.4. The van der Waals surface area contributed by atoms with E-state index in [0.29, 0.717) is 24.9 Å². The summed E-state index contributed by atoms with van der Waals surface area (Å²) >= 11 is 0. The smallest absolute Gasteiger partial charge is 0.166 e. The summed E-state index contributed by atoms with van der Waals surface area (Å²) in [5.74, 6) is 2.00. The van der Waals surface area contributed by atoms with Crippen LogP contribution < -0.4 is 4.90 Å². The number of nitrogens with one attached hydrogen (secondary N) is 1. The molecule has 1 aliphatic rings. The van der Waals surface area contributed by atoms with E-state index in [1.54, 1.807) is 12.4 Å². The molecule has 4 rings (SSSR count). The third-order valence-electron chi connectivity index (χ3n) is 4.24. The number of morpholine rings is 1. The van der Waals surface area contributed by atoms with Crippen LogP contribution in [0.5, 0.6) is 0 Å². The van der Waals surface area contributed by atoms with Crippen molar-refractivity contribution >= 4 is 29.3 Å². The SMILES string of the molecule is C=Nc1cc(N2CCOC[C@H]2C)nc(-c2cncc3[nH]ccc23)n1. The predicted octanol–water partition coefficient (Wildman–Crippen LogP) is 2.58. The van der Waals surface area contributed by atoms with E-state index in [4.69, 9.17) is 9.72 Å². The number of aromatic amines is 1. The molecule has 7 heteroatoms. The van der Waals surface area contributed by atoms with Gasteiger partial charge in [0.2, 0.25) is 0 Å². The highest BCUT2D eigenvalue weighted by atomic mass is 16.5. The topological polar surface area (TPSA) is 79.3 Å². The Morgan fingerprint density at radius 1 is 1.38 bits per heavy atom. The Morgan fingerprint density at radius 2 is 2.29 bits per heavy atom. The molecule has 3 aromatic heterocycles. The molecule has 1 saturated heterocycles. The van der Waals surface area contributed by atoms with Gasteiger partial charge in [0, 0.05) is 36.0 Å². The molecule has 1 fully saturated rings. The van der Waals surface area contributed by atoms with E-state index in [0.717, 1.165) is 28.8 Å². The number of H-pyrrole nitrogens is 1. The maximum atomic E-state index is 5.52. The highest BCUT2D eigenvalue weighted by Gasteiger charge is 2.22. The van der Waals surface area contributed by atoms with E-state index in [1.807, 2.05) is 18.3 Å². The van der Waals surface area contributed by atoms with Crippen molar-refractivity contribution in [3.05, 3.63) is 30.7 Å². The van der Waals surface area contributed by atoms with Crippen molar-refractivity contribution in [2.45, 2.75) is 13.0 Å². The molecule has 4 heterocycles. The first-order valence-electron chi connectivity index (χ1n) is 7.88. The maximum absolute atomic E-state index is 5.52. The summed E-state index contributed by atoms with van der Waals surface area (Å²) in [6.45, 7) is 7.91. The van der Waals surface area contributed by atoms with Crippen LogP contribution in [0.1, 0.15) is 6.92 Å². The molecule has 0 saturated carbocycles. The van der Waals surface area contributed by atoms with Gasteiger partial charge in [-0.15, -0.1) is 0 Å². The lowest BCUT2D eigenvalue weighted by atomic mass is 10.1. The van der Waals surface area contributed by atoms with Crippen molar-refractivity contribution in [3.63, 3.8) is 0 Å². The third kappa shape index (κ3) is 2.52. The van der Waals surface area contributed by atoms with Crippen molar-refractivity contribution in [3.8, 4) is 11.4 Å². The fourth-order valence-corrected chi connectivity index (χ4v) is 3.00. The number of hydrogen-bond donors (Lipinski definition) is 1. The first kappa shape index (κ1) is 14.8. The molecule has 0 radical (unpaired) electrons. The van der Waals surface area contributed by atoms with E-state index in [1.165, 1.54) is 0 Å². The Labute approximate surface area is 139 Å². The normalized spacial score (nSPS) is 18.0. The first-order valence-corrected chi connectivity index (χ1v) is 7.88. The fraction of sp³-hybridized carbons (Fsp3) is 0.294. The summed E-state index contributed by atoms with van der Waals surface area (Å²) in [7, 11) is 0. The Hall–Kier alpha value is -2.80. The summed E-state index contributed by atoms with van der Waals surface area (Å²) in [5, 5.41) is 1.03. The van der Waals surface area contributed by atoms with Gasteiger partial charge in [-0.25, -0.2) is 15.0 Å². The molecular weight excluding hydrogens is 304 g/mol. The molecule has 0 bridgehead atoms. The highest BCUT2D eigenvalue weighted by molar-refractivity contribution is 5.92. The molecule has 0 amide bonds. The van der Waals surface area contributed by atoms with Crippen molar-refractivity contribution in [2.75, 3.05) is 24.7 Å². The lowest BCUT2D eigenvalue weighted by molar-refractivity contribution is 0.0985. The number of ether oxygens (including phenoxy) is 1. The first-order chi connectivity index (χ1) is 11.8. The molecule has 3 aromatic rings. The molecule has 0 aromatic carbocycles. The van der Waals surface area contributed by atoms with E-state index >= 15 is 0 Å². The number of hydrogen-bond acceptors (Lipinski definition) is 6. The Kier molecular flexibility index (Phi) is 3.70. The summed E-state index contributed by atoms with van der Waals surface area (Å²) in [6.07, 6.45) is 5.46. The lowest BCUT2D eigenvalue weighted by Gasteiger charge is -2.34. The molecule has 1 N–H and O–H groups in total. The molecular formula is C17H18N6O. The largest absolute Gasteiger partial charge is 0.377 e. The summed E-state index contributed by atoms with van der Waals surface area (Å²) < 4.78 is 5.52. The minimum atomic E-state index is 0.250. The van der Waals surface area contributed by atoms with Crippen LogP contribution in [0.2, 0.25) is 0 Å². The second kappa shape index (κ2) is 6.01. The average Bonchev–Trinajstić information content (AvgIpc) is 3.10. The number of nitrogens with zero attached hydrogens (tertiary/aromatic N) is 5. The molecule has 24 heavy (non-hydrogen) atoms. The second-order valence-corrected chi connectivity index (χ2v) is 5.81. The maximum Gasteiger partial charge on any atom is 0.166 e. The van der Waals surface area contributed by atoms with Gasteiger partial charge in [0.25, 0.3) is 0 Å². The molecule has 122 valence electrons. The van der Waals surface area contributed by atoms with Crippen LogP contribution in [0, 0.1) is 0 Å². The minimum Gasteiger partial charge on any atom is -0.377 e. The van der Waals surface area contributed by atoms with Crippen LogP contribution in [0.4, 0.5) is 11.6 Å². The Morgan fingerprint density at radius 3 is 3.12 bits per heavy atom. The van der Waals surface area contributed by atoms with Gasteiger partial charge in [0.1, 0.15) is 5.82 Å². The summed E-state index contributed by atoms with van der Waals surface area (Å²) in [4.78, 5) is 23.0. The molecule has 0 unspecified atom stereocenters. The monoisotopic (exact) mass is 322 g/mol. The number of anilines is 1. The molecule has 0 spiro atoms. The van der Waals surface area contributed by atoms with Crippen LogP contribution in [0.25, 0.3) is 22.3 Å². The van der Waals surface area contributed by atoms with Crippen LogP contribution in [-0.2, 0) is 4.74 Å². The van der Waals surface area contributed by atoms with Gasteiger partial charge in [-0.05, 0) is 19.7 Å². The van der Waals surface area contributed by atoms with Crippen LogP contribution in [0.15, 0.2) is 35.7 Å². The lowest BCUT2D eigenvalue weighted by Crippen LogP contribution is -2.44. The summed E-state index contributed by atoms with van der Waals surface area (Å²) in [5.41, 5.74) is 1.83. The van der Waals surface area contributed by atoms with Crippen molar-refractivity contribution in [1.29, 1.82) is 0 Å². The minimum absolute atomic E-state index is 0.250. The number of aliphatic imine (C=N–C) groups is 1. The zero-order valence-electron chi connectivity index (χ0n) is 13.4. The van der Waals surface area contributed by atoms with E-state index < -0.39 is 0 Å². The molecule has 1 atom stereocenters. The van der Waals surface area contributed by atoms with Crippen LogP contribution in [0.3, 0.4) is 0 Å². The van der Waals surface area contributed by atoms with Crippen molar-refractivity contribution < 1.29 is 4.74 Å². The van der Waals surface area contributed by atoms with Gasteiger partial charge >= 0.3 is 0 Å². The van der Waals surface area contributed by atoms with Gasteiger partial charge in [-0.3, -0.25) is 4.98 Å². The quantitative estimate of drug-likeness (QED) is 0.750. The van der Waals surface area contributed by atoms with Gasteiger partial charge in [-0.2, -0.15) is 0 Å². The van der Waals surface area contributed by atoms with Gasteiger partial charge in [0.05, 0.1) is 31.0 Å². The molecule has 0 aliphatic carbocycles. The second-order valence-electron chi connectivity index (χ2n) is 5.81.